The molecule has 0 aliphatic carbocycles. The standard InChI is InChI=1S/C25H24N2O4/c1-29-22-16-20(17-23(30-2)24(22)31-3)25(28)27-26-21(19-12-8-5-9-13-19)15-14-18-10-6-4-7-11-18/h4-17H,1-3H3,(H,27,28). The summed E-state index contributed by atoms with van der Waals surface area (Å²) in [7, 11) is 4.51. The molecule has 0 aliphatic heterocycles. The van der Waals surface area contributed by atoms with E-state index in [0.717, 1.165) is 11.1 Å². The van der Waals surface area contributed by atoms with Crippen LogP contribution in [0.5, 0.6) is 17.2 Å². The van der Waals surface area contributed by atoms with Crippen LogP contribution in [0, 0.1) is 0 Å². The lowest BCUT2D eigenvalue weighted by atomic mass is 10.1. The monoisotopic (exact) mass is 416 g/mol. The molecule has 3 aromatic carbocycles. The van der Waals surface area contributed by atoms with E-state index in [1.165, 1.54) is 21.3 Å². The number of allylic oxidation sites excluding steroid dienone is 1. The lowest BCUT2D eigenvalue weighted by Gasteiger charge is -2.13. The van der Waals surface area contributed by atoms with E-state index in [0.29, 0.717) is 28.5 Å². The van der Waals surface area contributed by atoms with Crippen LogP contribution in [0.2, 0.25) is 0 Å². The lowest BCUT2D eigenvalue weighted by molar-refractivity contribution is 0.0954. The van der Waals surface area contributed by atoms with Crippen molar-refractivity contribution < 1.29 is 19.0 Å². The third-order valence-electron chi connectivity index (χ3n) is 4.51. The van der Waals surface area contributed by atoms with Crippen molar-refractivity contribution in [3.63, 3.8) is 0 Å². The summed E-state index contributed by atoms with van der Waals surface area (Å²) in [6, 6.07) is 22.7. The SMILES string of the molecule is COc1cc(C(=O)NN=C(C=Cc2ccccc2)c2ccccc2)cc(OC)c1OC. The van der Waals surface area contributed by atoms with E-state index in [2.05, 4.69) is 10.5 Å². The Morgan fingerprint density at radius 2 is 1.39 bits per heavy atom. The number of carbonyl (C=O) groups is 1. The van der Waals surface area contributed by atoms with Gasteiger partial charge in [-0.15, -0.1) is 0 Å². The van der Waals surface area contributed by atoms with Gasteiger partial charge in [-0.25, -0.2) is 5.43 Å². The maximum absolute atomic E-state index is 12.8. The molecule has 0 fully saturated rings. The van der Waals surface area contributed by atoms with Gasteiger partial charge in [0.1, 0.15) is 0 Å². The molecule has 0 heterocycles. The Morgan fingerprint density at radius 1 is 0.806 bits per heavy atom. The van der Waals surface area contributed by atoms with Crippen molar-refractivity contribution in [1.82, 2.24) is 5.43 Å². The van der Waals surface area contributed by atoms with Gasteiger partial charge in [-0.1, -0.05) is 66.7 Å². The first kappa shape index (κ1) is 21.6. The van der Waals surface area contributed by atoms with Crippen molar-refractivity contribution in [2.24, 2.45) is 5.10 Å². The summed E-state index contributed by atoms with van der Waals surface area (Å²) in [5.74, 6) is 0.799. The zero-order chi connectivity index (χ0) is 22.1. The highest BCUT2D eigenvalue weighted by Crippen LogP contribution is 2.38. The molecule has 1 N–H and O–H groups in total. The molecule has 3 rings (SSSR count). The Bertz CT molecular complexity index is 1050. The highest BCUT2D eigenvalue weighted by molar-refractivity contribution is 6.11. The number of amides is 1. The topological polar surface area (TPSA) is 69.2 Å². The van der Waals surface area contributed by atoms with Crippen LogP contribution in [0.15, 0.2) is 84.0 Å². The zero-order valence-electron chi connectivity index (χ0n) is 17.7. The van der Waals surface area contributed by atoms with Gasteiger partial charge in [0.05, 0.1) is 27.0 Å². The number of nitrogens with zero attached hydrogens (tertiary/aromatic N) is 1. The number of hydrazone groups is 1. The molecule has 0 aliphatic rings. The van der Waals surface area contributed by atoms with Gasteiger partial charge in [0.25, 0.3) is 5.91 Å². The molecule has 0 bridgehead atoms. The van der Waals surface area contributed by atoms with E-state index >= 15 is 0 Å². The zero-order valence-corrected chi connectivity index (χ0v) is 17.7. The van der Waals surface area contributed by atoms with Crippen LogP contribution in [0.4, 0.5) is 0 Å². The molecule has 0 unspecified atom stereocenters. The fraction of sp³-hybridized carbons (Fsp3) is 0.120. The predicted octanol–water partition coefficient (Wildman–Crippen LogP) is 4.56. The smallest absolute Gasteiger partial charge is 0.271 e. The normalized spacial score (nSPS) is 11.3. The highest BCUT2D eigenvalue weighted by atomic mass is 16.5. The molecular formula is C25H24N2O4. The van der Waals surface area contributed by atoms with Crippen LogP contribution in [-0.4, -0.2) is 32.9 Å². The van der Waals surface area contributed by atoms with Crippen LogP contribution < -0.4 is 19.6 Å². The molecule has 31 heavy (non-hydrogen) atoms. The molecule has 6 nitrogen and oxygen atoms in total. The molecule has 0 saturated heterocycles. The molecule has 0 spiro atoms. The van der Waals surface area contributed by atoms with E-state index in [4.69, 9.17) is 14.2 Å². The minimum atomic E-state index is -0.402. The van der Waals surface area contributed by atoms with Crippen molar-refractivity contribution in [2.45, 2.75) is 0 Å². The Labute approximate surface area is 181 Å². The van der Waals surface area contributed by atoms with Gasteiger partial charge in [-0.3, -0.25) is 4.79 Å². The average Bonchev–Trinajstić information content (AvgIpc) is 2.84. The fourth-order valence-electron chi connectivity index (χ4n) is 2.93. The summed E-state index contributed by atoms with van der Waals surface area (Å²) >= 11 is 0. The van der Waals surface area contributed by atoms with Gasteiger partial charge in [0.2, 0.25) is 5.75 Å². The van der Waals surface area contributed by atoms with Crippen molar-refractivity contribution in [1.29, 1.82) is 0 Å². The summed E-state index contributed by atoms with van der Waals surface area (Å²) in [6.07, 6.45) is 3.80. The number of ether oxygens (including phenoxy) is 3. The van der Waals surface area contributed by atoms with E-state index in [9.17, 15) is 4.79 Å². The Hall–Kier alpha value is -4.06. The van der Waals surface area contributed by atoms with Crippen LogP contribution in [0.25, 0.3) is 6.08 Å². The first-order valence-corrected chi connectivity index (χ1v) is 9.63. The highest BCUT2D eigenvalue weighted by Gasteiger charge is 2.17. The second kappa shape index (κ2) is 10.6. The fourth-order valence-corrected chi connectivity index (χ4v) is 2.93. The summed E-state index contributed by atoms with van der Waals surface area (Å²) in [4.78, 5) is 12.8. The number of carbonyl (C=O) groups excluding carboxylic acids is 1. The summed E-state index contributed by atoms with van der Waals surface area (Å²) in [5.41, 5.74) is 5.47. The van der Waals surface area contributed by atoms with Crippen molar-refractivity contribution in [2.75, 3.05) is 21.3 Å². The number of hydrogen-bond donors (Lipinski definition) is 1. The molecular weight excluding hydrogens is 392 g/mol. The van der Waals surface area contributed by atoms with Crippen molar-refractivity contribution in [3.05, 3.63) is 95.6 Å². The minimum absolute atomic E-state index is 0.331. The first-order valence-electron chi connectivity index (χ1n) is 9.63. The molecule has 0 radical (unpaired) electrons. The number of rotatable bonds is 8. The minimum Gasteiger partial charge on any atom is -0.493 e. The molecule has 6 heteroatoms. The largest absolute Gasteiger partial charge is 0.493 e. The Kier molecular flexibility index (Phi) is 7.43. The van der Waals surface area contributed by atoms with E-state index < -0.39 is 5.91 Å². The molecule has 0 saturated carbocycles. The van der Waals surface area contributed by atoms with Gasteiger partial charge in [0.15, 0.2) is 11.5 Å². The van der Waals surface area contributed by atoms with Gasteiger partial charge in [-0.05, 0) is 23.8 Å². The second-order valence-electron chi connectivity index (χ2n) is 6.46. The molecule has 158 valence electrons. The lowest BCUT2D eigenvalue weighted by Crippen LogP contribution is -2.20. The van der Waals surface area contributed by atoms with E-state index in [-0.39, 0.29) is 0 Å². The van der Waals surface area contributed by atoms with Crippen LogP contribution in [0.1, 0.15) is 21.5 Å². The van der Waals surface area contributed by atoms with Gasteiger partial charge in [0, 0.05) is 11.1 Å². The Morgan fingerprint density at radius 3 is 1.94 bits per heavy atom. The first-order chi connectivity index (χ1) is 15.2. The quantitative estimate of drug-likeness (QED) is 0.432. The van der Waals surface area contributed by atoms with Crippen LogP contribution in [0.3, 0.4) is 0 Å². The van der Waals surface area contributed by atoms with Gasteiger partial charge in [-0.2, -0.15) is 5.10 Å². The summed E-state index contributed by atoms with van der Waals surface area (Å²) < 4.78 is 15.9. The van der Waals surface area contributed by atoms with Gasteiger partial charge >= 0.3 is 0 Å². The Balaban J connectivity index is 1.89. The van der Waals surface area contributed by atoms with E-state index in [1.54, 1.807) is 12.1 Å². The second-order valence-corrected chi connectivity index (χ2v) is 6.46. The predicted molar refractivity (Wildman–Crippen MR) is 122 cm³/mol. The molecule has 3 aromatic rings. The maximum atomic E-state index is 12.8. The average molecular weight is 416 g/mol. The molecule has 0 atom stereocenters. The molecule has 1 amide bonds. The van der Waals surface area contributed by atoms with Crippen LogP contribution in [-0.2, 0) is 0 Å². The summed E-state index contributed by atoms with van der Waals surface area (Å²) in [5, 5.41) is 4.36. The van der Waals surface area contributed by atoms with Gasteiger partial charge < -0.3 is 14.2 Å². The number of hydrogen-bond acceptors (Lipinski definition) is 5. The van der Waals surface area contributed by atoms with E-state index in [1.807, 2.05) is 72.8 Å². The summed E-state index contributed by atoms with van der Waals surface area (Å²) in [6.45, 7) is 0. The number of benzene rings is 3. The van der Waals surface area contributed by atoms with Crippen molar-refractivity contribution >= 4 is 17.7 Å². The number of methoxy groups -OCH3 is 3. The molecule has 0 aromatic heterocycles. The number of nitrogens with one attached hydrogen (secondary N) is 1. The third kappa shape index (κ3) is 5.51. The maximum Gasteiger partial charge on any atom is 0.271 e. The van der Waals surface area contributed by atoms with Crippen molar-refractivity contribution in [3.8, 4) is 17.2 Å². The van der Waals surface area contributed by atoms with Crippen LogP contribution >= 0.6 is 0 Å². The third-order valence-corrected chi connectivity index (χ3v) is 4.51.